The maximum Gasteiger partial charge on any atom is 0.253 e. The highest BCUT2D eigenvalue weighted by molar-refractivity contribution is 6.14. The maximum absolute atomic E-state index is 12.3. The molecular formula is C20H22N6O2. The van der Waals surface area contributed by atoms with Crippen molar-refractivity contribution in [3.05, 3.63) is 46.4 Å². The molecule has 3 aromatic heterocycles. The summed E-state index contributed by atoms with van der Waals surface area (Å²) in [5, 5.41) is 4.94. The van der Waals surface area contributed by atoms with E-state index in [1.165, 1.54) is 6.33 Å². The van der Waals surface area contributed by atoms with Crippen LogP contribution in [0.25, 0.3) is 22.2 Å². The fourth-order valence-electron chi connectivity index (χ4n) is 4.21. The van der Waals surface area contributed by atoms with Crippen molar-refractivity contribution in [3.8, 4) is 11.4 Å². The monoisotopic (exact) mass is 378 g/mol. The Kier molecular flexibility index (Phi) is 3.81. The Bertz CT molecular complexity index is 1280. The van der Waals surface area contributed by atoms with E-state index in [0.717, 1.165) is 33.8 Å². The second-order valence-electron chi connectivity index (χ2n) is 7.02. The van der Waals surface area contributed by atoms with Crippen molar-refractivity contribution in [1.82, 2.24) is 19.2 Å². The van der Waals surface area contributed by atoms with Gasteiger partial charge in [0.1, 0.15) is 23.4 Å². The summed E-state index contributed by atoms with van der Waals surface area (Å²) >= 11 is 0. The predicted octanol–water partition coefficient (Wildman–Crippen LogP) is 2.60. The lowest BCUT2D eigenvalue weighted by atomic mass is 10.0. The molecule has 0 fully saturated rings. The summed E-state index contributed by atoms with van der Waals surface area (Å²) in [5.74, 6) is 0.459. The number of fused-ring (bicyclic) bond motifs is 3. The highest BCUT2D eigenvalue weighted by atomic mass is 16.5. The van der Waals surface area contributed by atoms with Crippen LogP contribution in [0.4, 0.5) is 5.82 Å². The number of anilines is 1. The van der Waals surface area contributed by atoms with Crippen molar-refractivity contribution in [2.24, 2.45) is 5.73 Å². The van der Waals surface area contributed by atoms with E-state index in [0.29, 0.717) is 16.6 Å². The zero-order chi connectivity index (χ0) is 20.3. The number of carbonyl (C=O) groups excluding carboxylic acids is 1. The third kappa shape index (κ3) is 2.20. The number of nitrogens with zero attached hydrogens (tertiary/aromatic N) is 4. The van der Waals surface area contributed by atoms with Crippen LogP contribution in [0.2, 0.25) is 0 Å². The first kappa shape index (κ1) is 17.8. The van der Waals surface area contributed by atoms with Gasteiger partial charge in [0.2, 0.25) is 0 Å². The van der Waals surface area contributed by atoms with Gasteiger partial charge in [-0.15, -0.1) is 0 Å². The fourth-order valence-corrected chi connectivity index (χ4v) is 4.21. The molecule has 0 saturated carbocycles. The molecule has 0 saturated heterocycles. The van der Waals surface area contributed by atoms with E-state index < -0.39 is 5.91 Å². The molecule has 8 nitrogen and oxygen atoms in total. The number of pyridine rings is 1. The summed E-state index contributed by atoms with van der Waals surface area (Å²) in [6.07, 6.45) is 1.48. The Balaban J connectivity index is 2.28. The molecule has 1 aromatic carbocycles. The number of carbonyl (C=O) groups is 1. The number of aryl methyl sites for hydroxylation is 3. The average Bonchev–Trinajstić information content (AvgIpc) is 3.19. The number of hydrogen-bond acceptors (Lipinski definition) is 5. The zero-order valence-electron chi connectivity index (χ0n) is 16.5. The first-order chi connectivity index (χ1) is 13.3. The lowest BCUT2D eigenvalue weighted by Crippen LogP contribution is -2.14. The third-order valence-electron chi connectivity index (χ3n) is 5.23. The number of aromatic nitrogens is 4. The number of nitrogen functional groups attached to an aromatic ring is 1. The Labute approximate surface area is 161 Å². The number of nitrogens with two attached hydrogens (primary N) is 2. The topological polar surface area (TPSA) is 113 Å². The molecule has 0 atom stereocenters. The highest BCUT2D eigenvalue weighted by Crippen LogP contribution is 2.39. The molecule has 8 heteroatoms. The second-order valence-corrected chi connectivity index (χ2v) is 7.02. The molecule has 1 amide bonds. The van der Waals surface area contributed by atoms with Crippen LogP contribution < -0.4 is 16.2 Å². The SMILES string of the molecule is COc1c(C)cc(C)c(-n2c(N)c(C(N)=O)c3cc(C)n4ncnc4c32)c1C. The number of benzene rings is 1. The van der Waals surface area contributed by atoms with Gasteiger partial charge in [0.15, 0.2) is 5.65 Å². The second kappa shape index (κ2) is 5.98. The van der Waals surface area contributed by atoms with E-state index in [1.54, 1.807) is 11.6 Å². The molecule has 0 spiro atoms. The third-order valence-corrected chi connectivity index (χ3v) is 5.23. The normalized spacial score (nSPS) is 11.5. The van der Waals surface area contributed by atoms with Gasteiger partial charge in [0, 0.05) is 16.6 Å². The molecule has 4 aromatic rings. The molecule has 0 unspecified atom stereocenters. The Morgan fingerprint density at radius 1 is 1.14 bits per heavy atom. The van der Waals surface area contributed by atoms with Gasteiger partial charge in [-0.1, -0.05) is 6.07 Å². The van der Waals surface area contributed by atoms with Crippen LogP contribution in [-0.4, -0.2) is 32.2 Å². The fraction of sp³-hybridized carbons (Fsp3) is 0.250. The first-order valence-corrected chi connectivity index (χ1v) is 8.86. The van der Waals surface area contributed by atoms with Crippen LogP contribution in [0.1, 0.15) is 32.7 Å². The van der Waals surface area contributed by atoms with Gasteiger partial charge in [0.05, 0.1) is 18.4 Å². The van der Waals surface area contributed by atoms with E-state index in [2.05, 4.69) is 10.1 Å². The van der Waals surface area contributed by atoms with Crippen LogP contribution in [0.3, 0.4) is 0 Å². The Morgan fingerprint density at radius 3 is 2.50 bits per heavy atom. The predicted molar refractivity (Wildman–Crippen MR) is 108 cm³/mol. The largest absolute Gasteiger partial charge is 0.496 e. The molecule has 4 rings (SSSR count). The van der Waals surface area contributed by atoms with Crippen molar-refractivity contribution in [2.75, 3.05) is 12.8 Å². The molecule has 0 aliphatic heterocycles. The number of hydrogen-bond donors (Lipinski definition) is 2. The molecule has 0 aliphatic carbocycles. The smallest absolute Gasteiger partial charge is 0.253 e. The molecule has 3 heterocycles. The summed E-state index contributed by atoms with van der Waals surface area (Å²) in [7, 11) is 1.64. The summed E-state index contributed by atoms with van der Waals surface area (Å²) in [6.45, 7) is 7.86. The first-order valence-electron chi connectivity index (χ1n) is 8.86. The number of primary amides is 1. The van der Waals surface area contributed by atoms with Gasteiger partial charge < -0.3 is 16.2 Å². The van der Waals surface area contributed by atoms with Gasteiger partial charge in [-0.25, -0.2) is 9.50 Å². The van der Waals surface area contributed by atoms with Gasteiger partial charge in [-0.05, 0) is 44.9 Å². The minimum absolute atomic E-state index is 0.273. The van der Waals surface area contributed by atoms with Crippen LogP contribution >= 0.6 is 0 Å². The Morgan fingerprint density at radius 2 is 1.86 bits per heavy atom. The lowest BCUT2D eigenvalue weighted by Gasteiger charge is -2.19. The molecule has 0 bridgehead atoms. The molecule has 0 aliphatic rings. The molecule has 4 N–H and O–H groups in total. The van der Waals surface area contributed by atoms with Crippen LogP contribution in [-0.2, 0) is 0 Å². The maximum atomic E-state index is 12.3. The summed E-state index contributed by atoms with van der Waals surface area (Å²) in [4.78, 5) is 16.7. The van der Waals surface area contributed by atoms with Crippen molar-refractivity contribution in [2.45, 2.75) is 27.7 Å². The van der Waals surface area contributed by atoms with Crippen LogP contribution in [0, 0.1) is 27.7 Å². The number of rotatable bonds is 3. The summed E-state index contributed by atoms with van der Waals surface area (Å²) < 4.78 is 9.17. The van der Waals surface area contributed by atoms with E-state index >= 15 is 0 Å². The highest BCUT2D eigenvalue weighted by Gasteiger charge is 2.26. The number of methoxy groups -OCH3 is 1. The van der Waals surface area contributed by atoms with Crippen LogP contribution in [0.15, 0.2) is 18.5 Å². The molecular weight excluding hydrogens is 356 g/mol. The molecule has 144 valence electrons. The van der Waals surface area contributed by atoms with Crippen molar-refractivity contribution in [3.63, 3.8) is 0 Å². The van der Waals surface area contributed by atoms with E-state index in [9.17, 15) is 4.79 Å². The van der Waals surface area contributed by atoms with E-state index in [-0.39, 0.29) is 11.4 Å². The van der Waals surface area contributed by atoms with Crippen molar-refractivity contribution >= 4 is 28.3 Å². The minimum atomic E-state index is -0.584. The average molecular weight is 378 g/mol. The van der Waals surface area contributed by atoms with Gasteiger partial charge in [0.25, 0.3) is 5.91 Å². The van der Waals surface area contributed by atoms with Crippen molar-refractivity contribution in [1.29, 1.82) is 0 Å². The standard InChI is InChI=1S/C20H22N6O2/c1-9-6-10(2)17(28-5)12(4)15(9)25-16-13(14(18(25)21)19(22)27)7-11(3)26-20(16)23-8-24-26/h6-8H,21H2,1-5H3,(H2,22,27). The minimum Gasteiger partial charge on any atom is -0.496 e. The molecule has 0 radical (unpaired) electrons. The number of amides is 1. The van der Waals surface area contributed by atoms with Gasteiger partial charge in [-0.2, -0.15) is 5.10 Å². The summed E-state index contributed by atoms with van der Waals surface area (Å²) in [6, 6.07) is 3.89. The number of ether oxygens (including phenoxy) is 1. The van der Waals surface area contributed by atoms with E-state index in [1.807, 2.05) is 44.4 Å². The quantitative estimate of drug-likeness (QED) is 0.569. The zero-order valence-corrected chi connectivity index (χ0v) is 16.5. The Hall–Kier alpha value is -3.55. The van der Waals surface area contributed by atoms with Crippen molar-refractivity contribution < 1.29 is 9.53 Å². The summed E-state index contributed by atoms with van der Waals surface area (Å²) in [5.41, 5.74) is 18.4. The van der Waals surface area contributed by atoms with Crippen LogP contribution in [0.5, 0.6) is 5.75 Å². The molecule has 28 heavy (non-hydrogen) atoms. The van der Waals surface area contributed by atoms with Gasteiger partial charge in [-0.3, -0.25) is 9.36 Å². The van der Waals surface area contributed by atoms with E-state index in [4.69, 9.17) is 16.2 Å². The lowest BCUT2D eigenvalue weighted by molar-refractivity contribution is 0.100. The van der Waals surface area contributed by atoms with Gasteiger partial charge >= 0.3 is 0 Å².